The van der Waals surface area contributed by atoms with Crippen LogP contribution in [-0.2, 0) is 4.84 Å². The molecule has 0 heterocycles. The summed E-state index contributed by atoms with van der Waals surface area (Å²) in [4.78, 5) is 8.60. The predicted molar refractivity (Wildman–Crippen MR) is 41.5 cm³/mol. The van der Waals surface area contributed by atoms with E-state index in [4.69, 9.17) is 5.73 Å². The number of nitrogens with two attached hydrogens (primary N) is 1. The van der Waals surface area contributed by atoms with Crippen LogP contribution >= 0.6 is 0 Å². The highest BCUT2D eigenvalue weighted by molar-refractivity contribution is 5.77. The SMILES string of the molecule is CONC(N)=NC(C)(C)C. The van der Waals surface area contributed by atoms with Crippen LogP contribution in [-0.4, -0.2) is 18.6 Å². The van der Waals surface area contributed by atoms with E-state index in [9.17, 15) is 0 Å². The highest BCUT2D eigenvalue weighted by Crippen LogP contribution is 2.04. The normalized spacial score (nSPS) is 13.4. The fraction of sp³-hybridized carbons (Fsp3) is 0.833. The van der Waals surface area contributed by atoms with Gasteiger partial charge in [0.2, 0.25) is 5.96 Å². The van der Waals surface area contributed by atoms with Crippen LogP contribution in [0.5, 0.6) is 0 Å². The van der Waals surface area contributed by atoms with Crippen molar-refractivity contribution in [2.24, 2.45) is 10.7 Å². The minimum atomic E-state index is -0.157. The van der Waals surface area contributed by atoms with E-state index in [1.54, 1.807) is 0 Å². The van der Waals surface area contributed by atoms with Gasteiger partial charge in [0, 0.05) is 0 Å². The average Bonchev–Trinajstić information content (AvgIpc) is 1.59. The third kappa shape index (κ3) is 5.37. The Hall–Kier alpha value is -0.770. The zero-order valence-corrected chi connectivity index (χ0v) is 6.93. The second-order valence-corrected chi connectivity index (χ2v) is 2.97. The monoisotopic (exact) mass is 145 g/mol. The summed E-state index contributed by atoms with van der Waals surface area (Å²) in [6.45, 7) is 5.87. The van der Waals surface area contributed by atoms with E-state index in [1.165, 1.54) is 7.11 Å². The molecule has 0 spiro atoms. The van der Waals surface area contributed by atoms with Crippen LogP contribution in [0.4, 0.5) is 0 Å². The predicted octanol–water partition coefficient (Wildman–Crippen LogP) is 0.251. The Morgan fingerprint density at radius 1 is 1.50 bits per heavy atom. The number of nitrogens with zero attached hydrogens (tertiary/aromatic N) is 1. The molecule has 0 unspecified atom stereocenters. The average molecular weight is 145 g/mol. The van der Waals surface area contributed by atoms with Crippen molar-refractivity contribution in [1.82, 2.24) is 5.48 Å². The Morgan fingerprint density at radius 2 is 2.00 bits per heavy atom. The first-order valence-electron chi connectivity index (χ1n) is 3.10. The van der Waals surface area contributed by atoms with Crippen molar-refractivity contribution < 1.29 is 4.84 Å². The lowest BCUT2D eigenvalue weighted by Crippen LogP contribution is -2.33. The molecule has 0 saturated heterocycles. The molecule has 60 valence electrons. The third-order valence-corrected chi connectivity index (χ3v) is 0.662. The summed E-state index contributed by atoms with van der Waals surface area (Å²) >= 11 is 0. The van der Waals surface area contributed by atoms with Crippen molar-refractivity contribution >= 4 is 5.96 Å². The number of hydrogen-bond acceptors (Lipinski definition) is 2. The second-order valence-electron chi connectivity index (χ2n) is 2.97. The minimum absolute atomic E-state index is 0.157. The number of aliphatic imine (C=N–C) groups is 1. The van der Waals surface area contributed by atoms with E-state index in [0.717, 1.165) is 0 Å². The lowest BCUT2D eigenvalue weighted by Gasteiger charge is -2.13. The Bertz CT molecular complexity index is 125. The zero-order valence-electron chi connectivity index (χ0n) is 6.93. The number of rotatable bonds is 1. The number of guanidine groups is 1. The van der Waals surface area contributed by atoms with Gasteiger partial charge in [0.15, 0.2) is 0 Å². The maximum absolute atomic E-state index is 5.38. The molecule has 0 aliphatic heterocycles. The molecule has 4 heteroatoms. The van der Waals surface area contributed by atoms with E-state index in [2.05, 4.69) is 15.3 Å². The molecule has 0 radical (unpaired) electrons. The molecule has 0 fully saturated rings. The summed E-state index contributed by atoms with van der Waals surface area (Å²) in [6, 6.07) is 0. The van der Waals surface area contributed by atoms with Gasteiger partial charge in [-0.05, 0) is 20.8 Å². The molecule has 10 heavy (non-hydrogen) atoms. The van der Waals surface area contributed by atoms with Gasteiger partial charge in [0.25, 0.3) is 0 Å². The largest absolute Gasteiger partial charge is 0.368 e. The Kier molecular flexibility index (Phi) is 3.15. The van der Waals surface area contributed by atoms with Gasteiger partial charge in [0.05, 0.1) is 12.6 Å². The molecule has 0 aromatic rings. The van der Waals surface area contributed by atoms with Crippen LogP contribution < -0.4 is 11.2 Å². The highest BCUT2D eigenvalue weighted by atomic mass is 16.6. The third-order valence-electron chi connectivity index (χ3n) is 0.662. The smallest absolute Gasteiger partial charge is 0.213 e. The van der Waals surface area contributed by atoms with Crippen molar-refractivity contribution in [2.45, 2.75) is 26.3 Å². The zero-order chi connectivity index (χ0) is 8.20. The molecule has 4 nitrogen and oxygen atoms in total. The van der Waals surface area contributed by atoms with Gasteiger partial charge in [0.1, 0.15) is 0 Å². The van der Waals surface area contributed by atoms with Crippen LogP contribution in [0.2, 0.25) is 0 Å². The van der Waals surface area contributed by atoms with Crippen molar-refractivity contribution in [1.29, 1.82) is 0 Å². The van der Waals surface area contributed by atoms with Gasteiger partial charge in [-0.1, -0.05) is 0 Å². The maximum Gasteiger partial charge on any atom is 0.213 e. The van der Waals surface area contributed by atoms with Crippen molar-refractivity contribution in [3.05, 3.63) is 0 Å². The maximum atomic E-state index is 5.38. The van der Waals surface area contributed by atoms with E-state index in [1.807, 2.05) is 20.8 Å². The summed E-state index contributed by atoms with van der Waals surface area (Å²) in [6.07, 6.45) is 0. The van der Waals surface area contributed by atoms with Crippen molar-refractivity contribution in [3.8, 4) is 0 Å². The van der Waals surface area contributed by atoms with Crippen LogP contribution in [0.1, 0.15) is 20.8 Å². The molecule has 0 rings (SSSR count). The molecule has 0 aliphatic rings. The summed E-state index contributed by atoms with van der Waals surface area (Å²) < 4.78 is 0. The number of hydroxylamine groups is 1. The Morgan fingerprint density at radius 3 is 2.30 bits per heavy atom. The summed E-state index contributed by atoms with van der Waals surface area (Å²) in [5, 5.41) is 0. The van der Waals surface area contributed by atoms with E-state index >= 15 is 0 Å². The summed E-state index contributed by atoms with van der Waals surface area (Å²) in [5.41, 5.74) is 7.66. The lowest BCUT2D eigenvalue weighted by atomic mass is 10.1. The summed E-state index contributed by atoms with van der Waals surface area (Å²) in [5.74, 6) is 0.301. The Labute approximate surface area is 61.4 Å². The quantitative estimate of drug-likeness (QED) is 0.316. The van der Waals surface area contributed by atoms with E-state index in [0.29, 0.717) is 5.96 Å². The molecule has 0 amide bonds. The lowest BCUT2D eigenvalue weighted by molar-refractivity contribution is 0.142. The van der Waals surface area contributed by atoms with Crippen molar-refractivity contribution in [3.63, 3.8) is 0 Å². The topological polar surface area (TPSA) is 59.6 Å². The standard InChI is InChI=1S/C6H15N3O/c1-6(2,3)8-5(7)9-10-4/h1-4H3,(H3,7,8,9). The van der Waals surface area contributed by atoms with Gasteiger partial charge in [-0.3, -0.25) is 4.84 Å². The fourth-order valence-corrected chi connectivity index (χ4v) is 0.489. The molecule has 0 aromatic heterocycles. The van der Waals surface area contributed by atoms with E-state index in [-0.39, 0.29) is 5.54 Å². The molecular formula is C6H15N3O. The van der Waals surface area contributed by atoms with Crippen LogP contribution in [0.3, 0.4) is 0 Å². The molecule has 3 N–H and O–H groups in total. The number of nitrogens with one attached hydrogen (secondary N) is 1. The first-order valence-corrected chi connectivity index (χ1v) is 3.10. The first-order chi connectivity index (χ1) is 4.45. The van der Waals surface area contributed by atoms with Crippen molar-refractivity contribution in [2.75, 3.05) is 7.11 Å². The van der Waals surface area contributed by atoms with Gasteiger partial charge >= 0.3 is 0 Å². The number of hydrogen-bond donors (Lipinski definition) is 2. The van der Waals surface area contributed by atoms with E-state index < -0.39 is 0 Å². The van der Waals surface area contributed by atoms with Gasteiger partial charge < -0.3 is 5.73 Å². The molecule has 0 aliphatic carbocycles. The molecular weight excluding hydrogens is 130 g/mol. The summed E-state index contributed by atoms with van der Waals surface area (Å²) in [7, 11) is 1.49. The van der Waals surface area contributed by atoms with Gasteiger partial charge in [-0.25, -0.2) is 10.5 Å². The molecule has 0 aromatic carbocycles. The molecule has 0 saturated carbocycles. The first kappa shape index (κ1) is 9.23. The van der Waals surface area contributed by atoms with Crippen LogP contribution in [0.25, 0.3) is 0 Å². The van der Waals surface area contributed by atoms with Crippen LogP contribution in [0.15, 0.2) is 4.99 Å². The minimum Gasteiger partial charge on any atom is -0.368 e. The second kappa shape index (κ2) is 3.41. The molecule has 0 atom stereocenters. The fourth-order valence-electron chi connectivity index (χ4n) is 0.489. The highest BCUT2D eigenvalue weighted by Gasteiger charge is 2.07. The van der Waals surface area contributed by atoms with Gasteiger partial charge in [-0.2, -0.15) is 0 Å². The Balaban J connectivity index is 3.90. The molecule has 0 bridgehead atoms. The van der Waals surface area contributed by atoms with Gasteiger partial charge in [-0.15, -0.1) is 0 Å². The van der Waals surface area contributed by atoms with Crippen LogP contribution in [0, 0.1) is 0 Å².